The van der Waals surface area contributed by atoms with E-state index in [9.17, 15) is 13.2 Å². The van der Waals surface area contributed by atoms with Gasteiger partial charge < -0.3 is 5.32 Å². The molecule has 8 heteroatoms. The number of carbonyl (C=O) groups excluding carboxylic acids is 1. The van der Waals surface area contributed by atoms with Gasteiger partial charge in [-0.2, -0.15) is 0 Å². The molecule has 1 fully saturated rings. The molecule has 1 aliphatic rings. The first-order valence-electron chi connectivity index (χ1n) is 10.1. The summed E-state index contributed by atoms with van der Waals surface area (Å²) < 4.78 is 27.1. The van der Waals surface area contributed by atoms with Gasteiger partial charge in [-0.15, -0.1) is 0 Å². The van der Waals surface area contributed by atoms with Crippen LogP contribution in [0, 0.1) is 5.92 Å². The first kappa shape index (κ1) is 23.1. The fourth-order valence-corrected chi connectivity index (χ4v) is 5.87. The third-order valence-electron chi connectivity index (χ3n) is 5.50. The molecule has 1 amide bonds. The quantitative estimate of drug-likeness (QED) is 0.634. The minimum atomic E-state index is -3.52. The molecule has 1 N–H and O–H groups in total. The summed E-state index contributed by atoms with van der Waals surface area (Å²) in [5.74, 6) is -0.372. The Labute approximate surface area is 188 Å². The van der Waals surface area contributed by atoms with Crippen LogP contribution in [0.4, 0.5) is 0 Å². The summed E-state index contributed by atoms with van der Waals surface area (Å²) in [7, 11) is -3.52. The van der Waals surface area contributed by atoms with Crippen LogP contribution >= 0.6 is 23.2 Å². The number of benzene rings is 2. The Hall–Kier alpha value is -1.60. The van der Waals surface area contributed by atoms with Crippen molar-refractivity contribution in [3.63, 3.8) is 0 Å². The lowest BCUT2D eigenvalue weighted by Gasteiger charge is -2.31. The second-order valence-corrected chi connectivity index (χ2v) is 10.4. The average molecular weight is 469 g/mol. The number of amides is 1. The lowest BCUT2D eigenvalue weighted by atomic mass is 9.96. The molecule has 0 aromatic heterocycles. The van der Waals surface area contributed by atoms with Gasteiger partial charge in [0, 0.05) is 29.1 Å². The fourth-order valence-electron chi connectivity index (χ4n) is 3.72. The van der Waals surface area contributed by atoms with Crippen molar-refractivity contribution < 1.29 is 13.2 Å². The van der Waals surface area contributed by atoms with Crippen molar-refractivity contribution in [1.29, 1.82) is 0 Å². The number of rotatable bonds is 7. The summed E-state index contributed by atoms with van der Waals surface area (Å²) in [6.45, 7) is 2.69. The van der Waals surface area contributed by atoms with E-state index in [0.29, 0.717) is 41.5 Å². The summed E-state index contributed by atoms with van der Waals surface area (Å²) in [6, 6.07) is 14.7. The Bertz CT molecular complexity index is 975. The van der Waals surface area contributed by atoms with Gasteiger partial charge in [0.25, 0.3) is 0 Å². The lowest BCUT2D eigenvalue weighted by Crippen LogP contribution is -2.44. The van der Waals surface area contributed by atoms with Gasteiger partial charge in [-0.05, 0) is 42.5 Å². The monoisotopic (exact) mass is 468 g/mol. The van der Waals surface area contributed by atoms with E-state index in [1.807, 2.05) is 37.3 Å². The molecule has 0 aliphatic carbocycles. The third-order valence-corrected chi connectivity index (χ3v) is 7.91. The molecular formula is C22H26Cl2N2O3S. The molecule has 30 heavy (non-hydrogen) atoms. The van der Waals surface area contributed by atoms with E-state index in [-0.39, 0.29) is 23.6 Å². The molecule has 1 atom stereocenters. The van der Waals surface area contributed by atoms with Crippen molar-refractivity contribution >= 4 is 39.1 Å². The highest BCUT2D eigenvalue weighted by atomic mass is 35.5. The topological polar surface area (TPSA) is 66.5 Å². The molecule has 1 aliphatic heterocycles. The molecule has 5 nitrogen and oxygen atoms in total. The van der Waals surface area contributed by atoms with Crippen LogP contribution in [-0.4, -0.2) is 31.7 Å². The van der Waals surface area contributed by atoms with E-state index in [1.54, 1.807) is 18.2 Å². The second kappa shape index (κ2) is 10.1. The van der Waals surface area contributed by atoms with Gasteiger partial charge in [-0.3, -0.25) is 4.79 Å². The predicted octanol–water partition coefficient (Wildman–Crippen LogP) is 4.80. The van der Waals surface area contributed by atoms with Gasteiger partial charge in [0.05, 0.1) is 11.8 Å². The Balaban J connectivity index is 1.57. The Kier molecular flexibility index (Phi) is 7.80. The number of halogens is 2. The minimum absolute atomic E-state index is 0.0107. The zero-order valence-corrected chi connectivity index (χ0v) is 19.2. The molecule has 0 bridgehead atoms. The molecule has 0 unspecified atom stereocenters. The van der Waals surface area contributed by atoms with Gasteiger partial charge in [-0.1, -0.05) is 66.5 Å². The van der Waals surface area contributed by atoms with Crippen LogP contribution in [0.1, 0.15) is 43.4 Å². The van der Waals surface area contributed by atoms with Crippen LogP contribution in [0.2, 0.25) is 10.0 Å². The van der Waals surface area contributed by atoms with Gasteiger partial charge >= 0.3 is 0 Å². The van der Waals surface area contributed by atoms with Crippen LogP contribution in [-0.2, 0) is 20.6 Å². The van der Waals surface area contributed by atoms with Crippen molar-refractivity contribution in [1.82, 2.24) is 9.62 Å². The SMILES string of the molecule is CC[C@@H](NC(=O)C1CCN(S(=O)(=O)Cc2ccc(Cl)cc2Cl)CC1)c1ccccc1. The van der Waals surface area contributed by atoms with Crippen LogP contribution in [0.5, 0.6) is 0 Å². The molecule has 0 spiro atoms. The molecule has 2 aromatic rings. The fraction of sp³-hybridized carbons (Fsp3) is 0.409. The number of nitrogens with zero attached hydrogens (tertiary/aromatic N) is 1. The van der Waals surface area contributed by atoms with Crippen molar-refractivity contribution in [3.05, 3.63) is 69.7 Å². The van der Waals surface area contributed by atoms with E-state index >= 15 is 0 Å². The van der Waals surface area contributed by atoms with Crippen LogP contribution in [0.25, 0.3) is 0 Å². The maximum absolute atomic E-state index is 12.8. The first-order chi connectivity index (χ1) is 14.3. The van der Waals surface area contributed by atoms with E-state index in [4.69, 9.17) is 23.2 Å². The van der Waals surface area contributed by atoms with Crippen molar-refractivity contribution in [2.45, 2.75) is 38.0 Å². The summed E-state index contributed by atoms with van der Waals surface area (Å²) >= 11 is 12.0. The first-order valence-corrected chi connectivity index (χ1v) is 12.4. The van der Waals surface area contributed by atoms with Crippen molar-refractivity contribution in [3.8, 4) is 0 Å². The summed E-state index contributed by atoms with van der Waals surface area (Å²) in [4.78, 5) is 12.8. The molecule has 0 radical (unpaired) electrons. The van der Waals surface area contributed by atoms with E-state index in [1.165, 1.54) is 4.31 Å². The molecule has 2 aromatic carbocycles. The van der Waals surface area contributed by atoms with Crippen LogP contribution < -0.4 is 5.32 Å². The zero-order chi connectivity index (χ0) is 21.7. The van der Waals surface area contributed by atoms with Gasteiger partial charge in [0.15, 0.2) is 0 Å². The van der Waals surface area contributed by atoms with Gasteiger partial charge in [-0.25, -0.2) is 12.7 Å². The Morgan fingerprint density at radius 1 is 1.13 bits per heavy atom. The summed E-state index contributed by atoms with van der Waals surface area (Å²) in [5, 5.41) is 3.93. The highest BCUT2D eigenvalue weighted by Gasteiger charge is 2.32. The predicted molar refractivity (Wildman–Crippen MR) is 121 cm³/mol. The highest BCUT2D eigenvalue weighted by molar-refractivity contribution is 7.88. The Morgan fingerprint density at radius 3 is 2.40 bits per heavy atom. The summed E-state index contributed by atoms with van der Waals surface area (Å²) in [5.41, 5.74) is 1.60. The van der Waals surface area contributed by atoms with Gasteiger partial charge in [0.1, 0.15) is 0 Å². The smallest absolute Gasteiger partial charge is 0.223 e. The van der Waals surface area contributed by atoms with Gasteiger partial charge in [0.2, 0.25) is 15.9 Å². The average Bonchev–Trinajstić information content (AvgIpc) is 2.74. The highest BCUT2D eigenvalue weighted by Crippen LogP contribution is 2.27. The van der Waals surface area contributed by atoms with Crippen LogP contribution in [0.3, 0.4) is 0 Å². The standard InChI is InChI=1S/C22H26Cl2N2O3S/c1-2-21(16-6-4-3-5-7-16)25-22(27)17-10-12-26(13-11-17)30(28,29)15-18-8-9-19(23)14-20(18)24/h3-9,14,17,21H,2,10-13,15H2,1H3,(H,25,27)/t21-/m1/s1. The molecule has 0 saturated carbocycles. The summed E-state index contributed by atoms with van der Waals surface area (Å²) in [6.07, 6.45) is 1.81. The second-order valence-electron chi connectivity index (χ2n) is 7.55. The molecular weight excluding hydrogens is 443 g/mol. The number of carbonyl (C=O) groups is 1. The molecule has 1 saturated heterocycles. The normalized spacial score (nSPS) is 16.9. The van der Waals surface area contributed by atoms with E-state index in [2.05, 4.69) is 5.32 Å². The van der Waals surface area contributed by atoms with Crippen LogP contribution in [0.15, 0.2) is 48.5 Å². The molecule has 162 valence electrons. The van der Waals surface area contributed by atoms with Crippen molar-refractivity contribution in [2.75, 3.05) is 13.1 Å². The number of piperidine rings is 1. The number of nitrogens with one attached hydrogen (secondary N) is 1. The van der Waals surface area contributed by atoms with E-state index in [0.717, 1.165) is 12.0 Å². The zero-order valence-electron chi connectivity index (χ0n) is 16.9. The lowest BCUT2D eigenvalue weighted by molar-refractivity contribution is -0.126. The number of sulfonamides is 1. The largest absolute Gasteiger partial charge is 0.349 e. The third kappa shape index (κ3) is 5.76. The van der Waals surface area contributed by atoms with Crippen molar-refractivity contribution in [2.24, 2.45) is 5.92 Å². The maximum Gasteiger partial charge on any atom is 0.223 e. The number of hydrogen-bond acceptors (Lipinski definition) is 3. The maximum atomic E-state index is 12.8. The Morgan fingerprint density at radius 2 is 1.80 bits per heavy atom. The van der Waals surface area contributed by atoms with E-state index < -0.39 is 10.0 Å². The minimum Gasteiger partial charge on any atom is -0.349 e. The molecule has 3 rings (SSSR count). The molecule has 1 heterocycles. The number of hydrogen-bond donors (Lipinski definition) is 1.